The Kier molecular flexibility index (Phi) is 3.57. The molecule has 19 heavy (non-hydrogen) atoms. The Bertz CT molecular complexity index is 635. The minimum atomic E-state index is -0.433. The predicted molar refractivity (Wildman–Crippen MR) is 74.1 cm³/mol. The first kappa shape index (κ1) is 13.5. The average molecular weight is 280 g/mol. The van der Waals surface area contributed by atoms with Gasteiger partial charge in [-0.2, -0.15) is 5.10 Å². The third-order valence-electron chi connectivity index (χ3n) is 2.93. The number of aryl methyl sites for hydroxylation is 1. The molecule has 0 aliphatic rings. The van der Waals surface area contributed by atoms with E-state index in [1.165, 1.54) is 10.7 Å². The summed E-state index contributed by atoms with van der Waals surface area (Å²) in [5.41, 5.74) is 2.08. The maximum Gasteiger partial charge on any atom is 0.294 e. The molecule has 0 bridgehead atoms. The number of aromatic nitrogens is 2. The van der Waals surface area contributed by atoms with Crippen LogP contribution >= 0.6 is 11.6 Å². The van der Waals surface area contributed by atoms with E-state index in [0.29, 0.717) is 10.8 Å². The molecule has 2 aromatic rings. The first-order chi connectivity index (χ1) is 8.93. The van der Waals surface area contributed by atoms with E-state index in [-0.39, 0.29) is 11.6 Å². The minimum absolute atomic E-state index is 0.0118. The van der Waals surface area contributed by atoms with Gasteiger partial charge in [0.05, 0.1) is 10.6 Å². The molecule has 0 amide bonds. The van der Waals surface area contributed by atoms with Crippen molar-refractivity contribution >= 4 is 17.3 Å². The zero-order valence-corrected chi connectivity index (χ0v) is 11.7. The number of hydrogen-bond acceptors (Lipinski definition) is 3. The second-order valence-electron chi connectivity index (χ2n) is 4.60. The number of halogens is 1. The molecule has 0 unspecified atom stereocenters. The van der Waals surface area contributed by atoms with Gasteiger partial charge in [0.1, 0.15) is 10.8 Å². The summed E-state index contributed by atoms with van der Waals surface area (Å²) in [5, 5.41) is 15.8. The maximum atomic E-state index is 11.1. The largest absolute Gasteiger partial charge is 0.294 e. The lowest BCUT2D eigenvalue weighted by Gasteiger charge is -2.06. The highest BCUT2D eigenvalue weighted by molar-refractivity contribution is 6.30. The zero-order valence-electron chi connectivity index (χ0n) is 10.9. The van der Waals surface area contributed by atoms with E-state index in [1.807, 2.05) is 20.8 Å². The summed E-state index contributed by atoms with van der Waals surface area (Å²) < 4.78 is 1.43. The minimum Gasteiger partial charge on any atom is -0.258 e. The molecule has 0 fully saturated rings. The second kappa shape index (κ2) is 5.01. The topological polar surface area (TPSA) is 61.0 Å². The monoisotopic (exact) mass is 279 g/mol. The Morgan fingerprint density at radius 2 is 2.00 bits per heavy atom. The van der Waals surface area contributed by atoms with Crippen LogP contribution in [-0.2, 0) is 0 Å². The van der Waals surface area contributed by atoms with Gasteiger partial charge in [0.25, 0.3) is 5.69 Å². The van der Waals surface area contributed by atoms with E-state index in [2.05, 4.69) is 5.10 Å². The summed E-state index contributed by atoms with van der Waals surface area (Å²) in [5.74, 6) is 0.212. The van der Waals surface area contributed by atoms with Crippen molar-refractivity contribution in [1.29, 1.82) is 0 Å². The third kappa shape index (κ3) is 2.33. The number of benzene rings is 1. The van der Waals surface area contributed by atoms with Gasteiger partial charge in [-0.05, 0) is 18.9 Å². The number of nitro benzene ring substituents is 1. The molecule has 0 N–H and O–H groups in total. The van der Waals surface area contributed by atoms with E-state index >= 15 is 0 Å². The number of rotatable bonds is 3. The van der Waals surface area contributed by atoms with E-state index in [0.717, 1.165) is 11.3 Å². The normalized spacial score (nSPS) is 11.0. The Morgan fingerprint density at radius 1 is 1.37 bits per heavy atom. The Hall–Kier alpha value is -1.88. The van der Waals surface area contributed by atoms with Crippen LogP contribution in [0.5, 0.6) is 0 Å². The molecule has 1 aromatic heterocycles. The lowest BCUT2D eigenvalue weighted by molar-refractivity contribution is -0.384. The molecule has 0 atom stereocenters. The summed E-state index contributed by atoms with van der Waals surface area (Å²) in [6.45, 7) is 5.88. The highest BCUT2D eigenvalue weighted by Gasteiger charge is 2.22. The van der Waals surface area contributed by atoms with Crippen molar-refractivity contribution in [2.75, 3.05) is 0 Å². The van der Waals surface area contributed by atoms with Gasteiger partial charge in [0, 0.05) is 11.6 Å². The van der Waals surface area contributed by atoms with Gasteiger partial charge in [-0.25, -0.2) is 4.68 Å². The quantitative estimate of drug-likeness (QED) is 0.633. The van der Waals surface area contributed by atoms with Crippen LogP contribution in [0.3, 0.4) is 0 Å². The zero-order chi connectivity index (χ0) is 14.2. The summed E-state index contributed by atoms with van der Waals surface area (Å²) in [4.78, 5) is 10.6. The summed E-state index contributed by atoms with van der Waals surface area (Å²) in [6, 6.07) is 6.43. The van der Waals surface area contributed by atoms with Gasteiger partial charge >= 0.3 is 0 Å². The van der Waals surface area contributed by atoms with Crippen molar-refractivity contribution in [2.45, 2.75) is 26.7 Å². The van der Waals surface area contributed by atoms with Crippen molar-refractivity contribution in [2.24, 2.45) is 0 Å². The van der Waals surface area contributed by atoms with Crippen LogP contribution in [0.4, 0.5) is 5.69 Å². The smallest absolute Gasteiger partial charge is 0.258 e. The molecule has 1 heterocycles. The van der Waals surface area contributed by atoms with E-state index in [1.54, 1.807) is 18.2 Å². The summed E-state index contributed by atoms with van der Waals surface area (Å²) >= 11 is 6.31. The van der Waals surface area contributed by atoms with Crippen molar-refractivity contribution in [3.63, 3.8) is 0 Å². The van der Waals surface area contributed by atoms with Crippen LogP contribution in [0, 0.1) is 17.0 Å². The highest BCUT2D eigenvalue weighted by atomic mass is 35.5. The molecular weight excluding hydrogens is 266 g/mol. The molecule has 0 aliphatic heterocycles. The first-order valence-corrected chi connectivity index (χ1v) is 6.30. The number of para-hydroxylation sites is 2. The fourth-order valence-corrected chi connectivity index (χ4v) is 2.61. The van der Waals surface area contributed by atoms with Crippen LogP contribution in [0.2, 0.25) is 5.15 Å². The number of hydrogen-bond donors (Lipinski definition) is 0. The molecule has 0 saturated heterocycles. The fraction of sp³-hybridized carbons (Fsp3) is 0.308. The first-order valence-electron chi connectivity index (χ1n) is 5.92. The molecule has 0 spiro atoms. The maximum absolute atomic E-state index is 11.1. The molecule has 0 aliphatic carbocycles. The SMILES string of the molecule is Cc1nn(-c2ccccc2[N+](=O)[O-])c(Cl)c1C(C)C. The van der Waals surface area contributed by atoms with Crippen molar-refractivity contribution in [3.8, 4) is 5.69 Å². The van der Waals surface area contributed by atoms with Crippen molar-refractivity contribution in [1.82, 2.24) is 9.78 Å². The van der Waals surface area contributed by atoms with E-state index in [9.17, 15) is 10.1 Å². The lowest BCUT2D eigenvalue weighted by Crippen LogP contribution is -2.02. The van der Waals surface area contributed by atoms with Crippen LogP contribution in [0.25, 0.3) is 5.69 Å². The third-order valence-corrected chi connectivity index (χ3v) is 3.30. The Labute approximate surface area is 116 Å². The standard InChI is InChI=1S/C13H14ClN3O2/c1-8(2)12-9(3)15-16(13(12)14)10-6-4-5-7-11(10)17(18)19/h4-8H,1-3H3. The Balaban J connectivity index is 2.67. The van der Waals surface area contributed by atoms with Gasteiger partial charge in [-0.3, -0.25) is 10.1 Å². The van der Waals surface area contributed by atoms with Crippen LogP contribution < -0.4 is 0 Å². The van der Waals surface area contributed by atoms with Crippen molar-refractivity contribution < 1.29 is 4.92 Å². The van der Waals surface area contributed by atoms with E-state index < -0.39 is 4.92 Å². The number of nitrogens with zero attached hydrogens (tertiary/aromatic N) is 3. The van der Waals surface area contributed by atoms with Gasteiger partial charge in [0.2, 0.25) is 0 Å². The van der Waals surface area contributed by atoms with Crippen molar-refractivity contribution in [3.05, 3.63) is 50.8 Å². The fourth-order valence-electron chi connectivity index (χ4n) is 2.12. The van der Waals surface area contributed by atoms with Gasteiger partial charge in [-0.1, -0.05) is 37.6 Å². The summed E-state index contributed by atoms with van der Waals surface area (Å²) in [6.07, 6.45) is 0. The van der Waals surface area contributed by atoms with Crippen LogP contribution in [0.1, 0.15) is 31.0 Å². The van der Waals surface area contributed by atoms with Gasteiger partial charge in [-0.15, -0.1) is 0 Å². The Morgan fingerprint density at radius 3 is 2.53 bits per heavy atom. The second-order valence-corrected chi connectivity index (χ2v) is 4.96. The van der Waals surface area contributed by atoms with E-state index in [4.69, 9.17) is 11.6 Å². The molecular formula is C13H14ClN3O2. The van der Waals surface area contributed by atoms with Gasteiger partial charge < -0.3 is 0 Å². The lowest BCUT2D eigenvalue weighted by atomic mass is 10.1. The molecule has 100 valence electrons. The van der Waals surface area contributed by atoms with Crippen LogP contribution in [0.15, 0.2) is 24.3 Å². The summed E-state index contributed by atoms with van der Waals surface area (Å²) in [7, 11) is 0. The van der Waals surface area contributed by atoms with Crippen LogP contribution in [-0.4, -0.2) is 14.7 Å². The highest BCUT2D eigenvalue weighted by Crippen LogP contribution is 2.32. The average Bonchev–Trinajstić information content (AvgIpc) is 2.64. The predicted octanol–water partition coefficient (Wildman–Crippen LogP) is 3.87. The molecule has 1 aromatic carbocycles. The number of nitro groups is 1. The molecule has 5 nitrogen and oxygen atoms in total. The molecule has 2 rings (SSSR count). The molecule has 0 radical (unpaired) electrons. The van der Waals surface area contributed by atoms with Gasteiger partial charge in [0.15, 0.2) is 0 Å². The molecule has 0 saturated carbocycles. The molecule has 6 heteroatoms.